The normalized spacial score (nSPS) is 21.8. The lowest BCUT2D eigenvalue weighted by Crippen LogP contribution is -2.39. The van der Waals surface area contributed by atoms with Crippen molar-refractivity contribution in [3.63, 3.8) is 0 Å². The highest BCUT2D eigenvalue weighted by Crippen LogP contribution is 2.30. The molecule has 0 bridgehead atoms. The number of rotatable bonds is 6. The fourth-order valence-electron chi connectivity index (χ4n) is 2.99. The molecule has 1 unspecified atom stereocenters. The number of halogens is 1. The molecule has 0 aromatic heterocycles. The lowest BCUT2D eigenvalue weighted by molar-refractivity contribution is -0.126. The minimum absolute atomic E-state index is 0. The van der Waals surface area contributed by atoms with Gasteiger partial charge in [0.25, 0.3) is 0 Å². The van der Waals surface area contributed by atoms with Gasteiger partial charge < -0.3 is 15.8 Å². The van der Waals surface area contributed by atoms with Gasteiger partial charge in [-0.3, -0.25) is 4.79 Å². The van der Waals surface area contributed by atoms with Crippen LogP contribution in [0.1, 0.15) is 31.7 Å². The minimum atomic E-state index is -0.0484. The van der Waals surface area contributed by atoms with Crippen LogP contribution >= 0.6 is 12.4 Å². The summed E-state index contributed by atoms with van der Waals surface area (Å²) in [5, 5.41) is 3.01. The van der Waals surface area contributed by atoms with Crippen molar-refractivity contribution in [3.8, 4) is 5.75 Å². The smallest absolute Gasteiger partial charge is 0.223 e. The van der Waals surface area contributed by atoms with Crippen LogP contribution in [0.25, 0.3) is 0 Å². The number of nitrogens with two attached hydrogens (primary N) is 1. The van der Waals surface area contributed by atoms with Gasteiger partial charge in [-0.25, -0.2) is 0 Å². The standard InChI is InChI=1S/C17H26N2O2.ClH/c1-12-6-3-4-9-16(12)21-13(2)11-19-17(20)15-8-5-7-14(15)10-18;/h3-4,6,9,13-15H,5,7-8,10-11,18H2,1-2H3,(H,19,20);1H/t13?,14-,15-;/m1./s1. The summed E-state index contributed by atoms with van der Waals surface area (Å²) in [4.78, 5) is 12.2. The van der Waals surface area contributed by atoms with Crippen LogP contribution in [-0.4, -0.2) is 25.1 Å². The minimum Gasteiger partial charge on any atom is -0.489 e. The highest BCUT2D eigenvalue weighted by atomic mass is 35.5. The maximum absolute atomic E-state index is 12.2. The molecular formula is C17H27ClN2O2. The lowest BCUT2D eigenvalue weighted by Gasteiger charge is -2.20. The Kier molecular flexibility index (Phi) is 7.69. The van der Waals surface area contributed by atoms with E-state index in [1.54, 1.807) is 0 Å². The van der Waals surface area contributed by atoms with E-state index in [9.17, 15) is 4.79 Å². The summed E-state index contributed by atoms with van der Waals surface area (Å²) in [6.07, 6.45) is 3.09. The van der Waals surface area contributed by atoms with Gasteiger partial charge in [-0.1, -0.05) is 24.6 Å². The maximum atomic E-state index is 12.2. The summed E-state index contributed by atoms with van der Waals surface area (Å²) in [6, 6.07) is 7.92. The number of hydrogen-bond acceptors (Lipinski definition) is 3. The van der Waals surface area contributed by atoms with Crippen molar-refractivity contribution >= 4 is 18.3 Å². The van der Waals surface area contributed by atoms with E-state index in [0.717, 1.165) is 30.6 Å². The van der Waals surface area contributed by atoms with Crippen LogP contribution in [0, 0.1) is 18.8 Å². The van der Waals surface area contributed by atoms with Crippen LogP contribution in [0.15, 0.2) is 24.3 Å². The van der Waals surface area contributed by atoms with Gasteiger partial charge in [-0.15, -0.1) is 12.4 Å². The first kappa shape index (κ1) is 18.8. The van der Waals surface area contributed by atoms with Gasteiger partial charge in [0.15, 0.2) is 0 Å². The van der Waals surface area contributed by atoms with Crippen molar-refractivity contribution in [2.75, 3.05) is 13.1 Å². The SMILES string of the molecule is Cc1ccccc1OC(C)CNC(=O)[C@@H]1CCC[C@@H]1CN.Cl. The first-order valence-corrected chi connectivity index (χ1v) is 7.82. The molecule has 0 heterocycles. The van der Waals surface area contributed by atoms with Gasteiger partial charge in [-0.05, 0) is 50.8 Å². The molecule has 4 nitrogen and oxygen atoms in total. The summed E-state index contributed by atoms with van der Waals surface area (Å²) in [5.74, 6) is 1.43. The van der Waals surface area contributed by atoms with Crippen molar-refractivity contribution in [1.29, 1.82) is 0 Å². The molecule has 1 saturated carbocycles. The van der Waals surface area contributed by atoms with E-state index >= 15 is 0 Å². The summed E-state index contributed by atoms with van der Waals surface area (Å²) < 4.78 is 5.87. The number of hydrogen-bond donors (Lipinski definition) is 2. The van der Waals surface area contributed by atoms with E-state index in [4.69, 9.17) is 10.5 Å². The predicted molar refractivity (Wildman–Crippen MR) is 91.4 cm³/mol. The van der Waals surface area contributed by atoms with Gasteiger partial charge in [0, 0.05) is 5.92 Å². The van der Waals surface area contributed by atoms with Gasteiger partial charge in [0.05, 0.1) is 6.54 Å². The molecule has 3 N–H and O–H groups in total. The number of carbonyl (C=O) groups excluding carboxylic acids is 1. The van der Waals surface area contributed by atoms with Gasteiger partial charge in [-0.2, -0.15) is 0 Å². The van der Waals surface area contributed by atoms with E-state index < -0.39 is 0 Å². The van der Waals surface area contributed by atoms with Gasteiger partial charge >= 0.3 is 0 Å². The highest BCUT2D eigenvalue weighted by molar-refractivity contribution is 5.85. The Labute approximate surface area is 139 Å². The van der Waals surface area contributed by atoms with Crippen molar-refractivity contribution in [3.05, 3.63) is 29.8 Å². The molecule has 0 aliphatic heterocycles. The lowest BCUT2D eigenvalue weighted by atomic mass is 9.95. The molecule has 0 radical (unpaired) electrons. The third kappa shape index (κ3) is 4.89. The first-order chi connectivity index (χ1) is 10.1. The monoisotopic (exact) mass is 326 g/mol. The summed E-state index contributed by atoms with van der Waals surface area (Å²) in [5.41, 5.74) is 6.84. The van der Waals surface area contributed by atoms with Crippen molar-refractivity contribution in [1.82, 2.24) is 5.32 Å². The Morgan fingerprint density at radius 1 is 1.41 bits per heavy atom. The van der Waals surface area contributed by atoms with Crippen molar-refractivity contribution < 1.29 is 9.53 Å². The summed E-state index contributed by atoms with van der Waals surface area (Å²) in [6.45, 7) is 5.13. The van der Waals surface area contributed by atoms with Crippen LogP contribution in [0.2, 0.25) is 0 Å². The molecule has 1 aromatic carbocycles. The Morgan fingerprint density at radius 2 is 2.14 bits per heavy atom. The van der Waals surface area contributed by atoms with Crippen LogP contribution in [0.5, 0.6) is 5.75 Å². The molecule has 1 aliphatic rings. The van der Waals surface area contributed by atoms with E-state index in [-0.39, 0.29) is 30.3 Å². The number of ether oxygens (including phenoxy) is 1. The number of nitrogens with one attached hydrogen (secondary N) is 1. The number of benzene rings is 1. The first-order valence-electron chi connectivity index (χ1n) is 7.82. The fraction of sp³-hybridized carbons (Fsp3) is 0.588. The van der Waals surface area contributed by atoms with E-state index in [1.165, 1.54) is 0 Å². The number of para-hydroxylation sites is 1. The third-order valence-electron chi connectivity index (χ3n) is 4.28. The average molecular weight is 327 g/mol. The Hall–Kier alpha value is -1.26. The maximum Gasteiger partial charge on any atom is 0.223 e. The van der Waals surface area contributed by atoms with E-state index in [1.807, 2.05) is 38.1 Å². The second-order valence-corrected chi connectivity index (χ2v) is 5.97. The number of aryl methyl sites for hydroxylation is 1. The van der Waals surface area contributed by atoms with Crippen LogP contribution in [0.3, 0.4) is 0 Å². The van der Waals surface area contributed by atoms with Crippen LogP contribution < -0.4 is 15.8 Å². The topological polar surface area (TPSA) is 64.3 Å². The molecule has 124 valence electrons. The van der Waals surface area contributed by atoms with Crippen molar-refractivity contribution in [2.45, 2.75) is 39.2 Å². The quantitative estimate of drug-likeness (QED) is 0.844. The molecule has 3 atom stereocenters. The second-order valence-electron chi connectivity index (χ2n) is 5.97. The molecule has 5 heteroatoms. The molecule has 22 heavy (non-hydrogen) atoms. The van der Waals surface area contributed by atoms with E-state index in [2.05, 4.69) is 5.32 Å². The summed E-state index contributed by atoms with van der Waals surface area (Å²) >= 11 is 0. The molecule has 2 rings (SSSR count). The molecular weight excluding hydrogens is 300 g/mol. The Balaban J connectivity index is 0.00000242. The van der Waals surface area contributed by atoms with Crippen LogP contribution in [0.4, 0.5) is 0 Å². The highest BCUT2D eigenvalue weighted by Gasteiger charge is 2.31. The van der Waals surface area contributed by atoms with Gasteiger partial charge in [0.2, 0.25) is 5.91 Å². The molecule has 1 aromatic rings. The zero-order valence-electron chi connectivity index (χ0n) is 13.4. The molecule has 1 amide bonds. The largest absolute Gasteiger partial charge is 0.489 e. The van der Waals surface area contributed by atoms with E-state index in [0.29, 0.717) is 19.0 Å². The average Bonchev–Trinajstić information content (AvgIpc) is 2.96. The molecule has 1 aliphatic carbocycles. The molecule has 0 spiro atoms. The predicted octanol–water partition coefficient (Wildman–Crippen LogP) is 2.68. The van der Waals surface area contributed by atoms with Crippen molar-refractivity contribution in [2.24, 2.45) is 17.6 Å². The summed E-state index contributed by atoms with van der Waals surface area (Å²) in [7, 11) is 0. The Morgan fingerprint density at radius 3 is 2.82 bits per heavy atom. The molecule has 1 fully saturated rings. The number of amides is 1. The third-order valence-corrected chi connectivity index (χ3v) is 4.28. The van der Waals surface area contributed by atoms with Crippen LogP contribution in [-0.2, 0) is 4.79 Å². The zero-order valence-corrected chi connectivity index (χ0v) is 14.2. The fourth-order valence-corrected chi connectivity index (χ4v) is 2.99. The zero-order chi connectivity index (χ0) is 15.2. The van der Waals surface area contributed by atoms with Gasteiger partial charge in [0.1, 0.15) is 11.9 Å². The molecule has 0 saturated heterocycles. The second kappa shape index (κ2) is 9.01. The number of carbonyl (C=O) groups is 1. The Bertz CT molecular complexity index is 481.